The molecule has 4 aromatic rings. The van der Waals surface area contributed by atoms with Gasteiger partial charge in [0.15, 0.2) is 6.23 Å². The van der Waals surface area contributed by atoms with Crippen LogP contribution in [0.2, 0.25) is 5.02 Å². The molecule has 0 spiro atoms. The summed E-state index contributed by atoms with van der Waals surface area (Å²) in [5.74, 6) is -0.451. The minimum Gasteiger partial charge on any atom is -0.399 e. The zero-order valence-electron chi connectivity index (χ0n) is 19.4. The molecule has 9 heteroatoms. The Bertz CT molecular complexity index is 1390. The highest BCUT2D eigenvalue weighted by Crippen LogP contribution is 2.37. The van der Waals surface area contributed by atoms with Crippen molar-refractivity contribution in [2.45, 2.75) is 25.7 Å². The Hall–Kier alpha value is -3.20. The van der Waals surface area contributed by atoms with Crippen molar-refractivity contribution >= 4 is 39.1 Å². The van der Waals surface area contributed by atoms with Crippen LogP contribution in [-0.2, 0) is 16.0 Å². The molecule has 1 saturated heterocycles. The van der Waals surface area contributed by atoms with Crippen molar-refractivity contribution in [3.8, 4) is 16.9 Å². The molecule has 2 atom stereocenters. The molecule has 6 nitrogen and oxygen atoms in total. The van der Waals surface area contributed by atoms with E-state index < -0.39 is 12.3 Å². The number of hydrogen-bond acceptors (Lipinski definition) is 4. The predicted molar refractivity (Wildman–Crippen MR) is 141 cm³/mol. The molecule has 0 unspecified atom stereocenters. The number of nitrogens with two attached hydrogens (primary N) is 1. The highest BCUT2D eigenvalue weighted by atomic mass is 79.9. The lowest BCUT2D eigenvalue weighted by Gasteiger charge is -2.23. The van der Waals surface area contributed by atoms with Crippen molar-refractivity contribution in [1.82, 2.24) is 14.7 Å². The lowest BCUT2D eigenvalue weighted by atomic mass is 10.1. The highest BCUT2D eigenvalue weighted by molar-refractivity contribution is 9.10. The van der Waals surface area contributed by atoms with E-state index in [0.717, 1.165) is 21.3 Å². The predicted octanol–water partition coefficient (Wildman–Crippen LogP) is 6.17. The van der Waals surface area contributed by atoms with Gasteiger partial charge in [0.05, 0.1) is 5.69 Å². The number of rotatable bonds is 6. The van der Waals surface area contributed by atoms with E-state index in [1.165, 1.54) is 12.1 Å². The highest BCUT2D eigenvalue weighted by Gasteiger charge is 2.40. The van der Waals surface area contributed by atoms with Crippen molar-refractivity contribution in [2.75, 3.05) is 12.3 Å². The molecule has 0 aliphatic carbocycles. The van der Waals surface area contributed by atoms with Crippen LogP contribution in [0, 0.1) is 5.82 Å². The van der Waals surface area contributed by atoms with Gasteiger partial charge in [0.25, 0.3) is 5.91 Å². The van der Waals surface area contributed by atoms with Crippen molar-refractivity contribution in [1.29, 1.82) is 0 Å². The van der Waals surface area contributed by atoms with Crippen LogP contribution in [-0.4, -0.2) is 33.2 Å². The van der Waals surface area contributed by atoms with Gasteiger partial charge in [0.2, 0.25) is 0 Å². The Balaban J connectivity index is 1.53. The Morgan fingerprint density at radius 2 is 1.83 bits per heavy atom. The first-order valence-corrected chi connectivity index (χ1v) is 12.6. The first kappa shape index (κ1) is 24.5. The maximum absolute atomic E-state index is 13.7. The average Bonchev–Trinajstić information content (AvgIpc) is 3.39. The summed E-state index contributed by atoms with van der Waals surface area (Å²) < 4.78 is 22.5. The van der Waals surface area contributed by atoms with Gasteiger partial charge in [-0.25, -0.2) is 9.07 Å². The number of halogens is 3. The van der Waals surface area contributed by atoms with Crippen molar-refractivity contribution < 1.29 is 13.9 Å². The van der Waals surface area contributed by atoms with E-state index in [0.29, 0.717) is 34.9 Å². The fourth-order valence-electron chi connectivity index (χ4n) is 4.34. The molecule has 2 N–H and O–H groups in total. The van der Waals surface area contributed by atoms with Crippen LogP contribution in [0.15, 0.2) is 77.4 Å². The third-order valence-electron chi connectivity index (χ3n) is 6.09. The smallest absolute Gasteiger partial charge is 0.253 e. The Labute approximate surface area is 221 Å². The molecule has 0 saturated carbocycles. The lowest BCUT2D eigenvalue weighted by molar-refractivity contribution is -0.130. The Morgan fingerprint density at radius 1 is 1.11 bits per heavy atom. The number of ether oxygens (including phenoxy) is 1. The van der Waals surface area contributed by atoms with E-state index in [2.05, 4.69) is 15.9 Å². The Kier molecular flexibility index (Phi) is 6.83. The number of benzene rings is 3. The molecule has 184 valence electrons. The molecule has 2 heterocycles. The number of nitrogens with zero attached hydrogens (tertiary/aromatic N) is 3. The molecule has 1 fully saturated rings. The van der Waals surface area contributed by atoms with Crippen LogP contribution in [0.5, 0.6) is 0 Å². The van der Waals surface area contributed by atoms with E-state index in [1.807, 2.05) is 42.6 Å². The molecule has 1 aliphatic heterocycles. The van der Waals surface area contributed by atoms with Gasteiger partial charge >= 0.3 is 0 Å². The fraction of sp³-hybridized carbons (Fsp3) is 0.185. The van der Waals surface area contributed by atoms with E-state index >= 15 is 0 Å². The van der Waals surface area contributed by atoms with Crippen LogP contribution >= 0.6 is 27.5 Å². The second-order valence-corrected chi connectivity index (χ2v) is 10.0. The van der Waals surface area contributed by atoms with E-state index in [4.69, 9.17) is 27.2 Å². The normalized spacial score (nSPS) is 17.7. The van der Waals surface area contributed by atoms with Gasteiger partial charge in [0.1, 0.15) is 17.6 Å². The maximum atomic E-state index is 13.7. The third kappa shape index (κ3) is 5.02. The zero-order chi connectivity index (χ0) is 25.4. The van der Waals surface area contributed by atoms with Gasteiger partial charge in [-0.1, -0.05) is 27.5 Å². The number of carbonyl (C=O) groups excluding carboxylic acids is 1. The van der Waals surface area contributed by atoms with E-state index in [9.17, 15) is 9.18 Å². The van der Waals surface area contributed by atoms with Gasteiger partial charge in [-0.05, 0) is 85.6 Å². The number of hydrogen-bond donors (Lipinski definition) is 1. The molecule has 0 radical (unpaired) electrons. The molecule has 1 aliphatic rings. The first-order chi connectivity index (χ1) is 17.3. The molecule has 36 heavy (non-hydrogen) atoms. The number of aromatic nitrogens is 2. The van der Waals surface area contributed by atoms with Gasteiger partial charge < -0.3 is 15.4 Å². The summed E-state index contributed by atoms with van der Waals surface area (Å²) in [6.07, 6.45) is 1.14. The average molecular weight is 570 g/mol. The molecular weight excluding hydrogens is 547 g/mol. The zero-order valence-corrected chi connectivity index (χ0v) is 21.7. The molecule has 1 amide bonds. The van der Waals surface area contributed by atoms with Crippen LogP contribution in [0.4, 0.5) is 10.1 Å². The van der Waals surface area contributed by atoms with Crippen LogP contribution in [0.25, 0.3) is 16.9 Å². The minimum atomic E-state index is -0.659. The van der Waals surface area contributed by atoms with Crippen LogP contribution in [0.3, 0.4) is 0 Å². The topological polar surface area (TPSA) is 73.4 Å². The van der Waals surface area contributed by atoms with Crippen molar-refractivity contribution in [3.05, 3.63) is 99.4 Å². The quantitative estimate of drug-likeness (QED) is 0.282. The fourth-order valence-corrected chi connectivity index (χ4v) is 4.87. The minimum absolute atomic E-state index is 0.114. The SMILES string of the molecule is C[C@H]1O[C@@H](c2cn(-c3ccc(Br)cc3)nc2-c2ccc(F)cc2)N(CCc2cc(N)cc(Cl)c2)C1=O. The molecule has 1 aromatic heterocycles. The number of amides is 1. The summed E-state index contributed by atoms with van der Waals surface area (Å²) in [5, 5.41) is 5.36. The van der Waals surface area contributed by atoms with Gasteiger partial charge in [0, 0.05) is 39.1 Å². The van der Waals surface area contributed by atoms with Gasteiger partial charge in [-0.3, -0.25) is 4.79 Å². The molecule has 5 rings (SSSR count). The molecule has 0 bridgehead atoms. The van der Waals surface area contributed by atoms with Crippen molar-refractivity contribution in [2.24, 2.45) is 0 Å². The second kappa shape index (κ2) is 10.0. The summed E-state index contributed by atoms with van der Waals surface area (Å²) >= 11 is 9.62. The maximum Gasteiger partial charge on any atom is 0.253 e. The second-order valence-electron chi connectivity index (χ2n) is 8.67. The first-order valence-electron chi connectivity index (χ1n) is 11.4. The monoisotopic (exact) mass is 568 g/mol. The molecule has 3 aromatic carbocycles. The van der Waals surface area contributed by atoms with Crippen LogP contribution < -0.4 is 5.73 Å². The number of anilines is 1. The van der Waals surface area contributed by atoms with Gasteiger partial charge in [-0.2, -0.15) is 5.10 Å². The summed E-state index contributed by atoms with van der Waals surface area (Å²) in [5.41, 5.74) is 10.3. The standard InChI is InChI=1S/C27H23BrClFN4O2/c1-16-26(35)33(11-10-17-12-20(29)14-22(31)13-17)27(36-16)24-15-34(23-8-4-19(28)5-9-23)32-25(24)18-2-6-21(30)7-3-18/h2-9,12-16,27H,10-11,31H2,1H3/t16-,27+/m1/s1. The number of carbonyl (C=O) groups is 1. The van der Waals surface area contributed by atoms with E-state index in [-0.39, 0.29) is 11.7 Å². The summed E-state index contributed by atoms with van der Waals surface area (Å²) in [6.45, 7) is 2.14. The van der Waals surface area contributed by atoms with E-state index in [1.54, 1.807) is 34.7 Å². The lowest BCUT2D eigenvalue weighted by Crippen LogP contribution is -2.32. The van der Waals surface area contributed by atoms with Crippen molar-refractivity contribution in [3.63, 3.8) is 0 Å². The number of nitrogen functional groups attached to an aromatic ring is 1. The van der Waals surface area contributed by atoms with Gasteiger partial charge in [-0.15, -0.1) is 0 Å². The summed E-state index contributed by atoms with van der Waals surface area (Å²) in [6, 6.07) is 19.2. The third-order valence-corrected chi connectivity index (χ3v) is 6.83. The van der Waals surface area contributed by atoms with Crippen LogP contribution in [0.1, 0.15) is 24.3 Å². The summed E-state index contributed by atoms with van der Waals surface area (Å²) in [7, 11) is 0. The molecular formula is C27H23BrClFN4O2. The summed E-state index contributed by atoms with van der Waals surface area (Å²) in [4.78, 5) is 14.8. The Morgan fingerprint density at radius 3 is 2.53 bits per heavy atom. The largest absolute Gasteiger partial charge is 0.399 e.